The van der Waals surface area contributed by atoms with Gasteiger partial charge in [0, 0.05) is 40.3 Å². The van der Waals surface area contributed by atoms with Crippen LogP contribution >= 0.6 is 11.6 Å². The van der Waals surface area contributed by atoms with Crippen LogP contribution in [-0.4, -0.2) is 40.0 Å². The van der Waals surface area contributed by atoms with E-state index in [4.69, 9.17) is 16.7 Å². The van der Waals surface area contributed by atoms with E-state index in [1.807, 2.05) is 6.92 Å². The van der Waals surface area contributed by atoms with Crippen LogP contribution in [-0.2, 0) is 11.2 Å². The minimum absolute atomic E-state index is 0.00000763. The smallest absolute Gasteiger partial charge is 0.224 e. The summed E-state index contributed by atoms with van der Waals surface area (Å²) < 4.78 is 0. The SMILES string of the molecule is Cc1[nH]c2ccc(O)c(C(=O)c3ccc(Cl)cc3)c2c1CC(=O)NCCCO. The molecule has 146 valence electrons. The highest BCUT2D eigenvalue weighted by atomic mass is 35.5. The maximum Gasteiger partial charge on any atom is 0.224 e. The predicted octanol–water partition coefficient (Wildman–Crippen LogP) is 3.11. The summed E-state index contributed by atoms with van der Waals surface area (Å²) in [7, 11) is 0. The zero-order chi connectivity index (χ0) is 20.3. The number of aryl methyl sites for hydroxylation is 1. The molecule has 0 unspecified atom stereocenters. The minimum atomic E-state index is -0.347. The van der Waals surface area contributed by atoms with Crippen LogP contribution in [0.2, 0.25) is 5.02 Å². The van der Waals surface area contributed by atoms with Gasteiger partial charge in [0.2, 0.25) is 5.91 Å². The normalized spacial score (nSPS) is 11.0. The molecule has 0 saturated carbocycles. The lowest BCUT2D eigenvalue weighted by Gasteiger charge is -2.09. The number of amides is 1. The van der Waals surface area contributed by atoms with E-state index >= 15 is 0 Å². The van der Waals surface area contributed by atoms with Crippen LogP contribution in [0, 0.1) is 6.92 Å². The number of rotatable bonds is 7. The molecule has 1 amide bonds. The molecular formula is C21H21ClN2O4. The number of benzene rings is 2. The molecule has 0 bridgehead atoms. The summed E-state index contributed by atoms with van der Waals surface area (Å²) >= 11 is 5.90. The van der Waals surface area contributed by atoms with Gasteiger partial charge in [-0.2, -0.15) is 0 Å². The molecule has 28 heavy (non-hydrogen) atoms. The van der Waals surface area contributed by atoms with Crippen molar-refractivity contribution >= 4 is 34.2 Å². The first-order valence-electron chi connectivity index (χ1n) is 8.93. The van der Waals surface area contributed by atoms with Crippen molar-refractivity contribution in [2.24, 2.45) is 0 Å². The first-order valence-corrected chi connectivity index (χ1v) is 9.31. The Hall–Kier alpha value is -2.83. The van der Waals surface area contributed by atoms with Gasteiger partial charge in [-0.1, -0.05) is 11.6 Å². The third-order valence-electron chi connectivity index (χ3n) is 4.59. The Morgan fingerprint density at radius 3 is 2.54 bits per heavy atom. The van der Waals surface area contributed by atoms with Crippen molar-refractivity contribution in [2.45, 2.75) is 19.8 Å². The van der Waals surface area contributed by atoms with E-state index in [0.717, 1.165) is 5.69 Å². The molecule has 3 rings (SSSR count). The molecule has 0 aliphatic heterocycles. The maximum atomic E-state index is 13.1. The zero-order valence-electron chi connectivity index (χ0n) is 15.4. The summed E-state index contributed by atoms with van der Waals surface area (Å²) in [6, 6.07) is 9.58. The van der Waals surface area contributed by atoms with Gasteiger partial charge in [-0.05, 0) is 55.3 Å². The van der Waals surface area contributed by atoms with E-state index in [0.29, 0.717) is 40.0 Å². The second-order valence-corrected chi connectivity index (χ2v) is 6.99. The number of phenols is 1. The van der Waals surface area contributed by atoms with Gasteiger partial charge in [0.1, 0.15) is 5.75 Å². The summed E-state index contributed by atoms with van der Waals surface area (Å²) in [6.45, 7) is 2.20. The van der Waals surface area contributed by atoms with Crippen molar-refractivity contribution in [2.75, 3.05) is 13.2 Å². The highest BCUT2D eigenvalue weighted by molar-refractivity contribution is 6.30. The number of halogens is 1. The summed E-state index contributed by atoms with van der Waals surface area (Å²) in [5.41, 5.74) is 2.63. The van der Waals surface area contributed by atoms with Crippen LogP contribution in [0.15, 0.2) is 36.4 Å². The van der Waals surface area contributed by atoms with Crippen molar-refractivity contribution in [3.63, 3.8) is 0 Å². The number of aromatic hydroxyl groups is 1. The second kappa shape index (κ2) is 8.46. The van der Waals surface area contributed by atoms with E-state index < -0.39 is 0 Å². The van der Waals surface area contributed by atoms with Gasteiger partial charge in [-0.3, -0.25) is 9.59 Å². The quantitative estimate of drug-likeness (QED) is 0.361. The van der Waals surface area contributed by atoms with Crippen LogP contribution < -0.4 is 5.32 Å². The van der Waals surface area contributed by atoms with Gasteiger partial charge in [-0.15, -0.1) is 0 Å². The number of aromatic amines is 1. The lowest BCUT2D eigenvalue weighted by molar-refractivity contribution is -0.120. The fourth-order valence-electron chi connectivity index (χ4n) is 3.20. The van der Waals surface area contributed by atoms with Crippen LogP contribution in [0.1, 0.15) is 33.6 Å². The van der Waals surface area contributed by atoms with Crippen LogP contribution in [0.4, 0.5) is 0 Å². The van der Waals surface area contributed by atoms with Crippen molar-refractivity contribution in [1.29, 1.82) is 0 Å². The largest absolute Gasteiger partial charge is 0.507 e. The number of aromatic nitrogens is 1. The monoisotopic (exact) mass is 400 g/mol. The predicted molar refractivity (Wildman–Crippen MR) is 108 cm³/mol. The lowest BCUT2D eigenvalue weighted by Crippen LogP contribution is -2.26. The van der Waals surface area contributed by atoms with E-state index in [9.17, 15) is 14.7 Å². The van der Waals surface area contributed by atoms with Crippen molar-refractivity contribution in [1.82, 2.24) is 10.3 Å². The summed E-state index contributed by atoms with van der Waals surface area (Å²) in [4.78, 5) is 28.6. The number of hydrogen-bond acceptors (Lipinski definition) is 4. The fraction of sp³-hybridized carbons (Fsp3) is 0.238. The van der Waals surface area contributed by atoms with Gasteiger partial charge in [0.05, 0.1) is 12.0 Å². The fourth-order valence-corrected chi connectivity index (χ4v) is 3.33. The Labute approximate surface area is 167 Å². The van der Waals surface area contributed by atoms with E-state index in [1.54, 1.807) is 30.3 Å². The van der Waals surface area contributed by atoms with Crippen LogP contribution in [0.3, 0.4) is 0 Å². The molecule has 0 spiro atoms. The molecule has 0 aliphatic rings. The Balaban J connectivity index is 2.05. The number of aliphatic hydroxyl groups is 1. The molecule has 2 aromatic carbocycles. The maximum absolute atomic E-state index is 13.1. The van der Waals surface area contributed by atoms with Gasteiger partial charge >= 0.3 is 0 Å². The standard InChI is InChI=1S/C21H21ClN2O4/c1-12-15(11-18(27)23-9-2-10-25)19-16(24-12)7-8-17(26)20(19)21(28)13-3-5-14(22)6-4-13/h3-8,24-26H,2,9-11H2,1H3,(H,23,27). The average Bonchev–Trinajstić information content (AvgIpc) is 2.97. The van der Waals surface area contributed by atoms with E-state index in [1.165, 1.54) is 6.07 Å². The molecule has 3 aromatic rings. The molecule has 0 saturated heterocycles. The van der Waals surface area contributed by atoms with Crippen molar-refractivity contribution in [3.8, 4) is 5.75 Å². The average molecular weight is 401 g/mol. The summed E-state index contributed by atoms with van der Waals surface area (Å²) in [5.74, 6) is -0.709. The van der Waals surface area contributed by atoms with E-state index in [-0.39, 0.29) is 36.0 Å². The molecule has 0 aliphatic carbocycles. The topological polar surface area (TPSA) is 102 Å². The molecule has 0 fully saturated rings. The van der Waals surface area contributed by atoms with Gasteiger partial charge in [0.15, 0.2) is 5.78 Å². The number of carbonyl (C=O) groups is 2. The number of aliphatic hydroxyl groups excluding tert-OH is 1. The summed E-state index contributed by atoms with van der Waals surface area (Å²) in [6.07, 6.45) is 0.529. The molecule has 1 aromatic heterocycles. The van der Waals surface area contributed by atoms with Gasteiger partial charge in [-0.25, -0.2) is 0 Å². The highest BCUT2D eigenvalue weighted by Gasteiger charge is 2.23. The third kappa shape index (κ3) is 4.03. The molecule has 0 atom stereocenters. The number of fused-ring (bicyclic) bond motifs is 1. The third-order valence-corrected chi connectivity index (χ3v) is 4.84. The number of carbonyl (C=O) groups excluding carboxylic acids is 2. The second-order valence-electron chi connectivity index (χ2n) is 6.55. The molecule has 0 radical (unpaired) electrons. The first kappa shape index (κ1) is 19.9. The Bertz CT molecular complexity index is 1030. The van der Waals surface area contributed by atoms with Crippen molar-refractivity contribution < 1.29 is 19.8 Å². The Morgan fingerprint density at radius 1 is 1.14 bits per heavy atom. The number of nitrogens with one attached hydrogen (secondary N) is 2. The Morgan fingerprint density at radius 2 is 1.86 bits per heavy atom. The molecule has 6 nitrogen and oxygen atoms in total. The first-order chi connectivity index (χ1) is 13.4. The molecule has 1 heterocycles. The number of H-pyrrole nitrogens is 1. The Kier molecular flexibility index (Phi) is 6.02. The number of hydrogen-bond donors (Lipinski definition) is 4. The minimum Gasteiger partial charge on any atom is -0.507 e. The molecular weight excluding hydrogens is 380 g/mol. The van der Waals surface area contributed by atoms with Crippen molar-refractivity contribution in [3.05, 3.63) is 63.8 Å². The molecule has 4 N–H and O–H groups in total. The zero-order valence-corrected chi connectivity index (χ0v) is 16.1. The van der Waals surface area contributed by atoms with Gasteiger partial charge < -0.3 is 20.5 Å². The van der Waals surface area contributed by atoms with Crippen LogP contribution in [0.25, 0.3) is 10.9 Å². The summed E-state index contributed by atoms with van der Waals surface area (Å²) in [5, 5.41) is 23.1. The lowest BCUT2D eigenvalue weighted by atomic mass is 9.95. The molecule has 7 heteroatoms. The van der Waals surface area contributed by atoms with Gasteiger partial charge in [0.25, 0.3) is 0 Å². The number of phenolic OH excluding ortho intramolecular Hbond substituents is 1. The van der Waals surface area contributed by atoms with E-state index in [2.05, 4.69) is 10.3 Å². The van der Waals surface area contributed by atoms with Crippen LogP contribution in [0.5, 0.6) is 5.75 Å². The highest BCUT2D eigenvalue weighted by Crippen LogP contribution is 2.34. The number of ketones is 1.